The van der Waals surface area contributed by atoms with E-state index in [4.69, 9.17) is 4.74 Å². The van der Waals surface area contributed by atoms with Gasteiger partial charge >= 0.3 is 6.09 Å². The number of ether oxygens (including phenoxy) is 1. The van der Waals surface area contributed by atoms with Gasteiger partial charge in [0.15, 0.2) is 0 Å². The summed E-state index contributed by atoms with van der Waals surface area (Å²) in [6.45, 7) is 10.4. The molecule has 0 unspecified atom stereocenters. The van der Waals surface area contributed by atoms with E-state index in [1.807, 2.05) is 46.3 Å². The lowest BCUT2D eigenvalue weighted by Gasteiger charge is -2.19. The molecule has 7 nitrogen and oxygen atoms in total. The average Bonchev–Trinajstić information content (AvgIpc) is 2.68. The lowest BCUT2D eigenvalue weighted by molar-refractivity contribution is -0.121. The molecule has 2 N–H and O–H groups in total. The molecule has 24 heavy (non-hydrogen) atoms. The third kappa shape index (κ3) is 7.02. The van der Waals surface area contributed by atoms with Gasteiger partial charge in [-0.05, 0) is 53.0 Å². The predicted molar refractivity (Wildman–Crippen MR) is 92.9 cm³/mol. The number of hydrogen-bond donors (Lipinski definition) is 2. The summed E-state index contributed by atoms with van der Waals surface area (Å²) >= 11 is 0. The first-order valence-electron chi connectivity index (χ1n) is 8.33. The Labute approximate surface area is 144 Å². The SMILES string of the molecule is Cc1nn(C)c(C)c1CCC(=O)NCCCNC(=O)OC(C)(C)C. The largest absolute Gasteiger partial charge is 0.444 e. The molecular weight excluding hydrogens is 308 g/mol. The minimum absolute atomic E-state index is 0.00919. The molecule has 0 saturated heterocycles. The Morgan fingerprint density at radius 3 is 2.33 bits per heavy atom. The molecule has 0 bridgehead atoms. The molecule has 0 radical (unpaired) electrons. The summed E-state index contributed by atoms with van der Waals surface area (Å²) in [6, 6.07) is 0. The summed E-state index contributed by atoms with van der Waals surface area (Å²) in [5.74, 6) is 0.00919. The topological polar surface area (TPSA) is 85.3 Å². The number of nitrogens with one attached hydrogen (secondary N) is 2. The van der Waals surface area contributed by atoms with E-state index in [0.29, 0.717) is 32.4 Å². The molecule has 0 fully saturated rings. The van der Waals surface area contributed by atoms with E-state index < -0.39 is 11.7 Å². The van der Waals surface area contributed by atoms with Crippen molar-refractivity contribution in [2.24, 2.45) is 7.05 Å². The van der Waals surface area contributed by atoms with Gasteiger partial charge in [-0.2, -0.15) is 5.10 Å². The second kappa shape index (κ2) is 8.70. The van der Waals surface area contributed by atoms with Crippen molar-refractivity contribution in [1.29, 1.82) is 0 Å². The van der Waals surface area contributed by atoms with Gasteiger partial charge in [0.2, 0.25) is 5.91 Å². The lowest BCUT2D eigenvalue weighted by atomic mass is 10.1. The maximum Gasteiger partial charge on any atom is 0.407 e. The highest BCUT2D eigenvalue weighted by molar-refractivity contribution is 5.76. The van der Waals surface area contributed by atoms with Crippen LogP contribution in [0.15, 0.2) is 0 Å². The Morgan fingerprint density at radius 1 is 1.17 bits per heavy atom. The summed E-state index contributed by atoms with van der Waals surface area (Å²) in [5, 5.41) is 9.88. The Bertz CT molecular complexity index is 573. The van der Waals surface area contributed by atoms with Crippen molar-refractivity contribution in [3.05, 3.63) is 17.0 Å². The van der Waals surface area contributed by atoms with Gasteiger partial charge in [-0.3, -0.25) is 9.48 Å². The Kier molecular flexibility index (Phi) is 7.25. The van der Waals surface area contributed by atoms with Gasteiger partial charge in [0, 0.05) is 32.3 Å². The van der Waals surface area contributed by atoms with Gasteiger partial charge in [0.05, 0.1) is 5.69 Å². The highest BCUT2D eigenvalue weighted by Crippen LogP contribution is 2.13. The number of amides is 2. The van der Waals surface area contributed by atoms with Crippen molar-refractivity contribution in [3.8, 4) is 0 Å². The lowest BCUT2D eigenvalue weighted by Crippen LogP contribution is -2.34. The van der Waals surface area contributed by atoms with Crippen molar-refractivity contribution < 1.29 is 14.3 Å². The van der Waals surface area contributed by atoms with E-state index >= 15 is 0 Å². The summed E-state index contributed by atoms with van der Waals surface area (Å²) in [7, 11) is 1.91. The molecule has 1 rings (SSSR count). The third-order valence-corrected chi connectivity index (χ3v) is 3.60. The standard InChI is InChI=1S/C17H30N4O3/c1-12-14(13(2)21(6)20-12)8-9-15(22)18-10-7-11-19-16(23)24-17(3,4)5/h7-11H2,1-6H3,(H,18,22)(H,19,23). The number of carbonyl (C=O) groups is 2. The van der Waals surface area contributed by atoms with Crippen LogP contribution in [0.5, 0.6) is 0 Å². The third-order valence-electron chi connectivity index (χ3n) is 3.60. The number of hydrogen-bond acceptors (Lipinski definition) is 4. The van der Waals surface area contributed by atoms with E-state index in [-0.39, 0.29) is 5.91 Å². The number of aryl methyl sites for hydroxylation is 2. The van der Waals surface area contributed by atoms with Crippen LogP contribution < -0.4 is 10.6 Å². The van der Waals surface area contributed by atoms with Crippen LogP contribution in [0.3, 0.4) is 0 Å². The summed E-state index contributed by atoms with van der Waals surface area (Å²) < 4.78 is 6.97. The summed E-state index contributed by atoms with van der Waals surface area (Å²) in [4.78, 5) is 23.3. The number of carbonyl (C=O) groups excluding carboxylic acids is 2. The van der Waals surface area contributed by atoms with Crippen molar-refractivity contribution >= 4 is 12.0 Å². The summed E-state index contributed by atoms with van der Waals surface area (Å²) in [5.41, 5.74) is 2.71. The van der Waals surface area contributed by atoms with E-state index in [0.717, 1.165) is 17.0 Å². The molecular formula is C17H30N4O3. The van der Waals surface area contributed by atoms with Crippen molar-refractivity contribution in [3.63, 3.8) is 0 Å². The van der Waals surface area contributed by atoms with Crippen LogP contribution in [-0.2, 0) is 23.0 Å². The fraction of sp³-hybridized carbons (Fsp3) is 0.706. The van der Waals surface area contributed by atoms with Crippen molar-refractivity contribution in [2.75, 3.05) is 13.1 Å². The van der Waals surface area contributed by atoms with E-state index in [9.17, 15) is 9.59 Å². The van der Waals surface area contributed by atoms with Crippen molar-refractivity contribution in [2.45, 2.75) is 59.5 Å². The molecule has 7 heteroatoms. The van der Waals surface area contributed by atoms with Crippen LogP contribution >= 0.6 is 0 Å². The van der Waals surface area contributed by atoms with Gasteiger partial charge in [-0.1, -0.05) is 0 Å². The van der Waals surface area contributed by atoms with Crippen LogP contribution in [0.2, 0.25) is 0 Å². The molecule has 0 atom stereocenters. The van der Waals surface area contributed by atoms with Crippen LogP contribution in [0, 0.1) is 13.8 Å². The van der Waals surface area contributed by atoms with Gasteiger partial charge in [0.25, 0.3) is 0 Å². The van der Waals surface area contributed by atoms with Crippen LogP contribution in [-0.4, -0.2) is 40.5 Å². The first-order chi connectivity index (χ1) is 11.1. The van der Waals surface area contributed by atoms with Gasteiger partial charge in [-0.15, -0.1) is 0 Å². The molecule has 0 spiro atoms. The fourth-order valence-electron chi connectivity index (χ4n) is 2.33. The second-order valence-corrected chi connectivity index (χ2v) is 6.91. The molecule has 1 aromatic rings. The molecule has 0 saturated carbocycles. The normalized spacial score (nSPS) is 11.2. The Balaban J connectivity index is 2.18. The van der Waals surface area contributed by atoms with E-state index in [1.165, 1.54) is 0 Å². The highest BCUT2D eigenvalue weighted by atomic mass is 16.6. The molecule has 136 valence electrons. The van der Waals surface area contributed by atoms with Gasteiger partial charge < -0.3 is 15.4 Å². The van der Waals surface area contributed by atoms with E-state index in [2.05, 4.69) is 15.7 Å². The first-order valence-corrected chi connectivity index (χ1v) is 8.33. The maximum atomic E-state index is 11.9. The van der Waals surface area contributed by atoms with Crippen LogP contribution in [0.25, 0.3) is 0 Å². The number of rotatable bonds is 7. The zero-order valence-corrected chi connectivity index (χ0v) is 15.7. The summed E-state index contributed by atoms with van der Waals surface area (Å²) in [6.07, 6.45) is 1.35. The molecule has 0 aliphatic carbocycles. The van der Waals surface area contributed by atoms with Crippen molar-refractivity contribution in [1.82, 2.24) is 20.4 Å². The monoisotopic (exact) mass is 338 g/mol. The average molecular weight is 338 g/mol. The van der Waals surface area contributed by atoms with E-state index in [1.54, 1.807) is 0 Å². The Hall–Kier alpha value is -2.05. The predicted octanol–water partition coefficient (Wildman–Crippen LogP) is 2.00. The molecule has 0 aromatic carbocycles. The highest BCUT2D eigenvalue weighted by Gasteiger charge is 2.15. The minimum Gasteiger partial charge on any atom is -0.444 e. The molecule has 0 aliphatic heterocycles. The first kappa shape index (κ1) is 20.0. The number of alkyl carbamates (subject to hydrolysis) is 1. The minimum atomic E-state index is -0.499. The zero-order valence-electron chi connectivity index (χ0n) is 15.7. The second-order valence-electron chi connectivity index (χ2n) is 6.91. The van der Waals surface area contributed by atoms with Crippen LogP contribution in [0.4, 0.5) is 4.79 Å². The Morgan fingerprint density at radius 2 is 1.79 bits per heavy atom. The van der Waals surface area contributed by atoms with Gasteiger partial charge in [0.1, 0.15) is 5.60 Å². The molecule has 1 heterocycles. The zero-order chi connectivity index (χ0) is 18.3. The smallest absolute Gasteiger partial charge is 0.407 e. The molecule has 0 aliphatic rings. The quantitative estimate of drug-likeness (QED) is 0.745. The van der Waals surface area contributed by atoms with Gasteiger partial charge in [-0.25, -0.2) is 4.79 Å². The maximum absolute atomic E-state index is 11.9. The number of aromatic nitrogens is 2. The number of nitrogens with zero attached hydrogens (tertiary/aromatic N) is 2. The van der Waals surface area contributed by atoms with Crippen LogP contribution in [0.1, 0.15) is 50.6 Å². The fourth-order valence-corrected chi connectivity index (χ4v) is 2.33. The molecule has 1 aromatic heterocycles. The molecule has 2 amide bonds.